The maximum Gasteiger partial charge on any atom is 0.407 e. The first kappa shape index (κ1) is 13.8. The number of hydrogen-bond acceptors (Lipinski definition) is 4. The molecule has 0 aromatic carbocycles. The van der Waals surface area contributed by atoms with Crippen LogP contribution in [0.25, 0.3) is 0 Å². The highest BCUT2D eigenvalue weighted by Gasteiger charge is 2.31. The molecule has 98 valence electrons. The standard InChI is InChI=1S/C11H20N2O4/c1-8-6-12(11(15)16)7-9(2)13(8)4-5-17-10(3)14/h8-9H,4-7H2,1-3H3,(H,15,16)/t8-,9?/m0/s1. The van der Waals surface area contributed by atoms with E-state index in [-0.39, 0.29) is 18.1 Å². The Balaban J connectivity index is 2.46. The molecule has 0 aromatic rings. The molecule has 6 nitrogen and oxygen atoms in total. The van der Waals surface area contributed by atoms with Crippen LogP contribution in [-0.2, 0) is 9.53 Å². The van der Waals surface area contributed by atoms with Crippen molar-refractivity contribution in [1.82, 2.24) is 9.80 Å². The van der Waals surface area contributed by atoms with E-state index in [2.05, 4.69) is 4.90 Å². The summed E-state index contributed by atoms with van der Waals surface area (Å²) in [7, 11) is 0. The van der Waals surface area contributed by atoms with Gasteiger partial charge in [-0.2, -0.15) is 0 Å². The Kier molecular flexibility index (Phi) is 4.74. The van der Waals surface area contributed by atoms with Gasteiger partial charge < -0.3 is 14.7 Å². The third-order valence-corrected chi connectivity index (χ3v) is 3.03. The lowest BCUT2D eigenvalue weighted by molar-refractivity contribution is -0.141. The van der Waals surface area contributed by atoms with Gasteiger partial charge in [0.1, 0.15) is 6.61 Å². The van der Waals surface area contributed by atoms with Crippen LogP contribution in [0.15, 0.2) is 0 Å². The van der Waals surface area contributed by atoms with E-state index < -0.39 is 6.09 Å². The summed E-state index contributed by atoms with van der Waals surface area (Å²) in [5.41, 5.74) is 0. The Morgan fingerprint density at radius 2 is 1.82 bits per heavy atom. The van der Waals surface area contributed by atoms with Gasteiger partial charge in [-0.15, -0.1) is 0 Å². The molecule has 1 amide bonds. The van der Waals surface area contributed by atoms with E-state index in [0.29, 0.717) is 26.2 Å². The molecule has 0 saturated carbocycles. The van der Waals surface area contributed by atoms with Gasteiger partial charge in [0.05, 0.1) is 0 Å². The molecule has 1 fully saturated rings. The fraction of sp³-hybridized carbons (Fsp3) is 0.818. The van der Waals surface area contributed by atoms with E-state index in [4.69, 9.17) is 9.84 Å². The second kappa shape index (κ2) is 5.86. The monoisotopic (exact) mass is 244 g/mol. The molecule has 0 aromatic heterocycles. The van der Waals surface area contributed by atoms with Crippen LogP contribution in [0.3, 0.4) is 0 Å². The molecule has 1 unspecified atom stereocenters. The zero-order valence-corrected chi connectivity index (χ0v) is 10.5. The molecule has 2 atom stereocenters. The number of esters is 1. The number of carbonyl (C=O) groups excluding carboxylic acids is 1. The highest BCUT2D eigenvalue weighted by molar-refractivity contribution is 5.66. The molecule has 0 aliphatic carbocycles. The number of nitrogens with zero attached hydrogens (tertiary/aromatic N) is 2. The van der Waals surface area contributed by atoms with Gasteiger partial charge in [-0.3, -0.25) is 9.69 Å². The van der Waals surface area contributed by atoms with Gasteiger partial charge in [0.2, 0.25) is 0 Å². The van der Waals surface area contributed by atoms with Gasteiger partial charge >= 0.3 is 12.1 Å². The third-order valence-electron chi connectivity index (χ3n) is 3.03. The van der Waals surface area contributed by atoms with Gasteiger partial charge in [0.25, 0.3) is 0 Å². The quantitative estimate of drug-likeness (QED) is 0.737. The van der Waals surface area contributed by atoms with Crippen molar-refractivity contribution in [3.63, 3.8) is 0 Å². The smallest absolute Gasteiger partial charge is 0.407 e. The lowest BCUT2D eigenvalue weighted by Gasteiger charge is -2.43. The fourth-order valence-electron chi connectivity index (χ4n) is 2.25. The van der Waals surface area contributed by atoms with E-state index in [0.717, 1.165) is 0 Å². The molecule has 1 saturated heterocycles. The number of rotatable bonds is 3. The average molecular weight is 244 g/mol. The summed E-state index contributed by atoms with van der Waals surface area (Å²) in [5, 5.41) is 8.95. The molecular weight excluding hydrogens is 224 g/mol. The predicted octanol–water partition coefficient (Wildman–Crippen LogP) is 0.622. The van der Waals surface area contributed by atoms with Crippen LogP contribution in [0.2, 0.25) is 0 Å². The molecule has 0 bridgehead atoms. The maximum absolute atomic E-state index is 10.9. The molecule has 0 radical (unpaired) electrons. The van der Waals surface area contributed by atoms with Crippen molar-refractivity contribution in [1.29, 1.82) is 0 Å². The van der Waals surface area contributed by atoms with Crippen molar-refractivity contribution in [3.8, 4) is 0 Å². The van der Waals surface area contributed by atoms with Gasteiger partial charge in [-0.1, -0.05) is 0 Å². The highest BCUT2D eigenvalue weighted by atomic mass is 16.5. The zero-order valence-electron chi connectivity index (χ0n) is 10.5. The highest BCUT2D eigenvalue weighted by Crippen LogP contribution is 2.15. The third kappa shape index (κ3) is 3.89. The maximum atomic E-state index is 10.9. The van der Waals surface area contributed by atoms with E-state index in [1.54, 1.807) is 0 Å². The Morgan fingerprint density at radius 1 is 1.29 bits per heavy atom. The van der Waals surface area contributed by atoms with Crippen LogP contribution in [0.1, 0.15) is 20.8 Å². The second-order valence-electron chi connectivity index (χ2n) is 4.46. The molecule has 1 N–H and O–H groups in total. The number of amides is 1. The van der Waals surface area contributed by atoms with Gasteiger partial charge in [-0.05, 0) is 13.8 Å². The lowest BCUT2D eigenvalue weighted by atomic mass is 10.1. The van der Waals surface area contributed by atoms with E-state index in [1.165, 1.54) is 11.8 Å². The van der Waals surface area contributed by atoms with Gasteiger partial charge in [0, 0.05) is 38.6 Å². The normalized spacial score (nSPS) is 25.7. The largest absolute Gasteiger partial charge is 0.465 e. The first-order valence-corrected chi connectivity index (χ1v) is 5.78. The number of ether oxygens (including phenoxy) is 1. The summed E-state index contributed by atoms with van der Waals surface area (Å²) in [6, 6.07) is 0.288. The average Bonchev–Trinajstić information content (AvgIpc) is 2.21. The fourth-order valence-corrected chi connectivity index (χ4v) is 2.25. The van der Waals surface area contributed by atoms with Gasteiger partial charge in [0.15, 0.2) is 0 Å². The van der Waals surface area contributed by atoms with Crippen molar-refractivity contribution in [3.05, 3.63) is 0 Å². The summed E-state index contributed by atoms with van der Waals surface area (Å²) < 4.78 is 4.91. The van der Waals surface area contributed by atoms with Crippen molar-refractivity contribution >= 4 is 12.1 Å². The first-order valence-electron chi connectivity index (χ1n) is 5.78. The van der Waals surface area contributed by atoms with Gasteiger partial charge in [-0.25, -0.2) is 4.79 Å². The summed E-state index contributed by atoms with van der Waals surface area (Å²) in [4.78, 5) is 25.2. The van der Waals surface area contributed by atoms with Crippen molar-refractivity contribution in [2.45, 2.75) is 32.9 Å². The van der Waals surface area contributed by atoms with Crippen LogP contribution in [0, 0.1) is 0 Å². The van der Waals surface area contributed by atoms with Crippen LogP contribution >= 0.6 is 0 Å². The zero-order chi connectivity index (χ0) is 13.0. The minimum atomic E-state index is -0.872. The molecule has 1 heterocycles. The SMILES string of the molecule is CC(=O)OCCN1C(C)CN(C(=O)O)C[C@@H]1C. The van der Waals surface area contributed by atoms with E-state index in [1.807, 2.05) is 13.8 Å². The first-order chi connectivity index (χ1) is 7.91. The lowest BCUT2D eigenvalue weighted by Crippen LogP contribution is -2.58. The van der Waals surface area contributed by atoms with Crippen molar-refractivity contribution < 1.29 is 19.4 Å². The Morgan fingerprint density at radius 3 is 2.24 bits per heavy atom. The topological polar surface area (TPSA) is 70.1 Å². The Labute approximate surface area is 101 Å². The van der Waals surface area contributed by atoms with Crippen molar-refractivity contribution in [2.24, 2.45) is 0 Å². The predicted molar refractivity (Wildman–Crippen MR) is 61.9 cm³/mol. The Bertz CT molecular complexity index is 283. The van der Waals surface area contributed by atoms with Crippen LogP contribution in [0.4, 0.5) is 4.79 Å². The summed E-state index contributed by atoms with van der Waals surface area (Å²) in [6.07, 6.45) is -0.872. The summed E-state index contributed by atoms with van der Waals surface area (Å²) in [5.74, 6) is -0.283. The Hall–Kier alpha value is -1.30. The van der Waals surface area contributed by atoms with Crippen molar-refractivity contribution in [2.75, 3.05) is 26.2 Å². The molecule has 6 heteroatoms. The number of hydrogen-bond donors (Lipinski definition) is 1. The number of carbonyl (C=O) groups is 2. The summed E-state index contributed by atoms with van der Waals surface area (Å²) in [6.45, 7) is 7.36. The number of piperazine rings is 1. The number of carboxylic acid groups (broad SMARTS) is 1. The van der Waals surface area contributed by atoms with E-state index >= 15 is 0 Å². The minimum Gasteiger partial charge on any atom is -0.465 e. The molecule has 1 aliphatic heterocycles. The second-order valence-corrected chi connectivity index (χ2v) is 4.46. The molecular formula is C11H20N2O4. The molecule has 1 aliphatic rings. The molecule has 1 rings (SSSR count). The van der Waals surface area contributed by atoms with Crippen LogP contribution < -0.4 is 0 Å². The van der Waals surface area contributed by atoms with E-state index in [9.17, 15) is 9.59 Å². The molecule has 17 heavy (non-hydrogen) atoms. The minimum absolute atomic E-state index is 0.144. The molecule has 0 spiro atoms. The van der Waals surface area contributed by atoms with Crippen LogP contribution in [-0.4, -0.2) is 65.3 Å². The summed E-state index contributed by atoms with van der Waals surface area (Å²) >= 11 is 0. The van der Waals surface area contributed by atoms with Crippen LogP contribution in [0.5, 0.6) is 0 Å².